The fourth-order valence-electron chi connectivity index (χ4n) is 2.87. The van der Waals surface area contributed by atoms with Crippen molar-refractivity contribution in [3.63, 3.8) is 0 Å². The van der Waals surface area contributed by atoms with Crippen LogP contribution in [0.3, 0.4) is 0 Å². The van der Waals surface area contributed by atoms with Gasteiger partial charge in [0.05, 0.1) is 28.6 Å². The van der Waals surface area contributed by atoms with E-state index >= 15 is 0 Å². The fourth-order valence-corrected chi connectivity index (χ4v) is 2.87. The van der Waals surface area contributed by atoms with Crippen molar-refractivity contribution in [3.8, 4) is 17.3 Å². The summed E-state index contributed by atoms with van der Waals surface area (Å²) >= 11 is 0. The minimum atomic E-state index is -1.04. The average molecular weight is 439 g/mol. The second kappa shape index (κ2) is 8.55. The number of aromatic nitrogens is 2. The number of non-ortho nitro benzene ring substituents is 1. The molecule has 0 bridgehead atoms. The highest BCUT2D eigenvalue weighted by atomic mass is 16.6. The number of rotatable bonds is 4. The molecule has 3 rings (SSSR count). The molecular weight excluding hydrogens is 422 g/mol. The Kier molecular flexibility index (Phi) is 5.87. The molecule has 1 heterocycles. The summed E-state index contributed by atoms with van der Waals surface area (Å²) in [6.07, 6.45) is 0.757. The Morgan fingerprint density at radius 2 is 1.94 bits per heavy atom. The van der Waals surface area contributed by atoms with Gasteiger partial charge in [-0.25, -0.2) is 19.1 Å². The number of carbonyl (C=O) groups excluding carboxylic acids is 1. The summed E-state index contributed by atoms with van der Waals surface area (Å²) in [7, 11) is 0. The zero-order valence-electron chi connectivity index (χ0n) is 16.8. The third-order valence-corrected chi connectivity index (χ3v) is 4.68. The molecule has 1 aromatic heterocycles. The number of aromatic amines is 1. The molecule has 4 N–H and O–H groups in total. The molecule has 2 aromatic carbocycles. The number of hydrogen-bond acceptors (Lipinski definition) is 7. The van der Waals surface area contributed by atoms with Gasteiger partial charge in [0.15, 0.2) is 0 Å². The predicted octanol–water partition coefficient (Wildman–Crippen LogP) is 2.11. The molecule has 0 atom stereocenters. The SMILES string of the molecule is Cc1cccc(-n2c(O)c(C=NC(=O)Nc3ccc([N+](=O)[O-])cc3O)c(=O)[nH]c2=O)c1C. The van der Waals surface area contributed by atoms with Crippen LogP contribution in [-0.2, 0) is 0 Å². The number of aromatic hydroxyl groups is 2. The number of carbonyl (C=O) groups is 1. The number of nitro groups is 1. The van der Waals surface area contributed by atoms with E-state index in [0.29, 0.717) is 11.3 Å². The Balaban J connectivity index is 1.95. The Morgan fingerprint density at radius 3 is 2.59 bits per heavy atom. The number of phenols is 1. The van der Waals surface area contributed by atoms with Crippen molar-refractivity contribution in [2.45, 2.75) is 13.8 Å². The molecule has 0 spiro atoms. The smallest absolute Gasteiger partial charge is 0.345 e. The van der Waals surface area contributed by atoms with E-state index in [-0.39, 0.29) is 11.4 Å². The van der Waals surface area contributed by atoms with E-state index < -0.39 is 39.4 Å². The van der Waals surface area contributed by atoms with Crippen molar-refractivity contribution in [1.82, 2.24) is 9.55 Å². The first-order chi connectivity index (χ1) is 15.1. The molecule has 0 aliphatic rings. The molecule has 2 amide bonds. The monoisotopic (exact) mass is 439 g/mol. The fraction of sp³-hybridized carbons (Fsp3) is 0.100. The molecule has 32 heavy (non-hydrogen) atoms. The van der Waals surface area contributed by atoms with Crippen LogP contribution in [0.5, 0.6) is 11.6 Å². The van der Waals surface area contributed by atoms with Crippen LogP contribution in [-0.4, -0.2) is 36.9 Å². The van der Waals surface area contributed by atoms with E-state index in [4.69, 9.17) is 0 Å². The van der Waals surface area contributed by atoms with Crippen LogP contribution >= 0.6 is 0 Å². The van der Waals surface area contributed by atoms with Gasteiger partial charge >= 0.3 is 11.7 Å². The number of nitrogens with one attached hydrogen (secondary N) is 2. The summed E-state index contributed by atoms with van der Waals surface area (Å²) in [6.45, 7) is 3.55. The predicted molar refractivity (Wildman–Crippen MR) is 115 cm³/mol. The summed E-state index contributed by atoms with van der Waals surface area (Å²) in [5, 5.41) is 33.3. The number of benzene rings is 2. The molecule has 0 saturated carbocycles. The summed E-state index contributed by atoms with van der Waals surface area (Å²) in [6, 6.07) is 7.03. The van der Waals surface area contributed by atoms with Gasteiger partial charge < -0.3 is 15.5 Å². The van der Waals surface area contributed by atoms with E-state index in [1.54, 1.807) is 19.1 Å². The van der Waals surface area contributed by atoms with Gasteiger partial charge in [0.2, 0.25) is 5.88 Å². The lowest BCUT2D eigenvalue weighted by Gasteiger charge is -2.13. The minimum absolute atomic E-state index is 0.156. The van der Waals surface area contributed by atoms with Crippen LogP contribution in [0.4, 0.5) is 16.2 Å². The van der Waals surface area contributed by atoms with Gasteiger partial charge in [-0.2, -0.15) is 0 Å². The summed E-state index contributed by atoms with van der Waals surface area (Å²) in [5.41, 5.74) is -0.969. The molecule has 0 unspecified atom stereocenters. The average Bonchev–Trinajstić information content (AvgIpc) is 2.72. The Morgan fingerprint density at radius 1 is 1.22 bits per heavy atom. The summed E-state index contributed by atoms with van der Waals surface area (Å²) in [5.74, 6) is -1.28. The number of aryl methyl sites for hydroxylation is 1. The zero-order valence-corrected chi connectivity index (χ0v) is 16.8. The highest BCUT2D eigenvalue weighted by Gasteiger charge is 2.17. The number of hydrogen-bond donors (Lipinski definition) is 4. The van der Waals surface area contributed by atoms with Crippen LogP contribution in [0.15, 0.2) is 51.0 Å². The van der Waals surface area contributed by atoms with Gasteiger partial charge in [-0.1, -0.05) is 12.1 Å². The maximum atomic E-state index is 12.3. The van der Waals surface area contributed by atoms with Gasteiger partial charge in [0.25, 0.3) is 11.2 Å². The maximum Gasteiger partial charge on any atom is 0.345 e. The molecule has 0 aliphatic heterocycles. The highest BCUT2D eigenvalue weighted by molar-refractivity contribution is 5.99. The van der Waals surface area contributed by atoms with Crippen LogP contribution in [0, 0.1) is 24.0 Å². The van der Waals surface area contributed by atoms with Crippen molar-refractivity contribution >= 4 is 23.6 Å². The Hall–Kier alpha value is -4.74. The molecule has 12 nitrogen and oxygen atoms in total. The van der Waals surface area contributed by atoms with Crippen LogP contribution in [0.2, 0.25) is 0 Å². The molecular formula is C20H17N5O7. The van der Waals surface area contributed by atoms with E-state index in [1.165, 1.54) is 0 Å². The molecule has 0 radical (unpaired) electrons. The van der Waals surface area contributed by atoms with Crippen LogP contribution in [0.25, 0.3) is 5.69 Å². The molecule has 3 aromatic rings. The van der Waals surface area contributed by atoms with Gasteiger partial charge in [-0.05, 0) is 37.1 Å². The van der Waals surface area contributed by atoms with E-state index in [2.05, 4.69) is 15.3 Å². The van der Waals surface area contributed by atoms with Crippen molar-refractivity contribution in [1.29, 1.82) is 0 Å². The van der Waals surface area contributed by atoms with Crippen molar-refractivity contribution in [2.75, 3.05) is 5.32 Å². The number of amides is 2. The molecule has 164 valence electrons. The second-order valence-electron chi connectivity index (χ2n) is 6.70. The number of nitro benzene ring substituents is 1. The van der Waals surface area contributed by atoms with Crippen molar-refractivity contribution in [2.24, 2.45) is 4.99 Å². The molecule has 0 saturated heterocycles. The summed E-state index contributed by atoms with van der Waals surface area (Å²) < 4.78 is 0.880. The quantitative estimate of drug-likeness (QED) is 0.208. The van der Waals surface area contributed by atoms with Gasteiger partial charge in [-0.3, -0.25) is 19.9 Å². The molecule has 0 fully saturated rings. The number of phenolic OH excluding ortho intramolecular Hbond substituents is 1. The number of aliphatic imine (C=N–C) groups is 1. The third kappa shape index (κ3) is 4.23. The van der Waals surface area contributed by atoms with E-state index in [1.807, 2.05) is 13.0 Å². The number of urea groups is 1. The van der Waals surface area contributed by atoms with Gasteiger partial charge in [0, 0.05) is 6.07 Å². The molecule has 0 aliphatic carbocycles. The lowest BCUT2D eigenvalue weighted by atomic mass is 10.1. The lowest BCUT2D eigenvalue weighted by molar-refractivity contribution is -0.384. The van der Waals surface area contributed by atoms with E-state index in [0.717, 1.165) is 34.5 Å². The first-order valence-corrected chi connectivity index (χ1v) is 9.07. The van der Waals surface area contributed by atoms with Gasteiger partial charge in [0.1, 0.15) is 11.3 Å². The number of H-pyrrole nitrogens is 1. The van der Waals surface area contributed by atoms with Crippen LogP contribution in [0.1, 0.15) is 16.7 Å². The second-order valence-corrected chi connectivity index (χ2v) is 6.70. The number of anilines is 1. The Labute approximate surface area is 179 Å². The zero-order chi connectivity index (χ0) is 23.6. The van der Waals surface area contributed by atoms with E-state index in [9.17, 15) is 34.7 Å². The van der Waals surface area contributed by atoms with Crippen LogP contribution < -0.4 is 16.6 Å². The number of nitrogens with zero attached hydrogens (tertiary/aromatic N) is 3. The topological polar surface area (TPSA) is 180 Å². The Bertz CT molecular complexity index is 1390. The largest absolute Gasteiger partial charge is 0.506 e. The first-order valence-electron chi connectivity index (χ1n) is 9.07. The minimum Gasteiger partial charge on any atom is -0.506 e. The highest BCUT2D eigenvalue weighted by Crippen LogP contribution is 2.28. The van der Waals surface area contributed by atoms with Crippen molar-refractivity contribution in [3.05, 3.63) is 84.0 Å². The maximum absolute atomic E-state index is 12.3. The lowest BCUT2D eigenvalue weighted by Crippen LogP contribution is -2.31. The standard InChI is InChI=1S/C20H17N5O7/c1-10-4-3-5-15(11(10)2)24-18(28)13(17(27)23-20(24)30)9-21-19(29)22-14-7-6-12(25(31)32)8-16(14)26/h3-9,26,28H,1-2H3,(H,22,29)(H,23,27,30). The third-order valence-electron chi connectivity index (χ3n) is 4.68. The van der Waals surface area contributed by atoms with Crippen molar-refractivity contribution < 1.29 is 19.9 Å². The van der Waals surface area contributed by atoms with Gasteiger partial charge in [-0.15, -0.1) is 0 Å². The first kappa shape index (κ1) is 22.0. The summed E-state index contributed by atoms with van der Waals surface area (Å²) in [4.78, 5) is 52.1. The normalized spacial score (nSPS) is 10.9. The molecule has 12 heteroatoms.